The fourth-order valence-corrected chi connectivity index (χ4v) is 6.06. The molecular weight excluding hydrogens is 462 g/mol. The van der Waals surface area contributed by atoms with Crippen LogP contribution >= 0.6 is 0 Å². The Morgan fingerprint density at radius 1 is 1.00 bits per heavy atom. The van der Waals surface area contributed by atoms with Crippen molar-refractivity contribution >= 4 is 17.0 Å². The molecule has 1 aromatic carbocycles. The maximum absolute atomic E-state index is 10.1. The topological polar surface area (TPSA) is 82.3 Å². The minimum Gasteiger partial charge on any atom is -0.393 e. The summed E-state index contributed by atoms with van der Waals surface area (Å²) in [5.74, 6) is 1.40. The van der Waals surface area contributed by atoms with Crippen LogP contribution in [-0.2, 0) is 6.54 Å². The lowest BCUT2D eigenvalue weighted by Crippen LogP contribution is -2.43. The van der Waals surface area contributed by atoms with Gasteiger partial charge in [0.1, 0.15) is 5.69 Å². The van der Waals surface area contributed by atoms with E-state index in [1.807, 2.05) is 6.20 Å². The van der Waals surface area contributed by atoms with Crippen LogP contribution in [0.1, 0.15) is 63.5 Å². The standard InChI is InChI=1S/C29H41N7O/c1-20(22-4-3-5-22)31-29-30-18-26-27(33-36(28(26)32-29)24-10-12-25(37)13-11-24)23-8-6-21(7-9-23)19-35-16-14-34(2)15-17-35/h6-9,18,20,22,24-25,37H,3-5,10-17,19H2,1-2H3,(H,30,31,32)/t20-,24-,25-/m0/s1. The zero-order valence-corrected chi connectivity index (χ0v) is 22.3. The molecule has 2 saturated carbocycles. The van der Waals surface area contributed by atoms with Crippen molar-refractivity contribution in [1.29, 1.82) is 0 Å². The molecule has 3 heterocycles. The monoisotopic (exact) mass is 503 g/mol. The van der Waals surface area contributed by atoms with E-state index in [0.717, 1.165) is 80.7 Å². The number of hydrogen-bond donors (Lipinski definition) is 2. The summed E-state index contributed by atoms with van der Waals surface area (Å²) in [6, 6.07) is 9.52. The molecule has 0 radical (unpaired) electrons. The minimum absolute atomic E-state index is 0.194. The fourth-order valence-electron chi connectivity index (χ4n) is 6.06. The summed E-state index contributed by atoms with van der Waals surface area (Å²) in [5.41, 5.74) is 4.29. The van der Waals surface area contributed by atoms with Crippen LogP contribution in [0, 0.1) is 5.92 Å². The predicted octanol–water partition coefficient (Wildman–Crippen LogP) is 4.32. The summed E-state index contributed by atoms with van der Waals surface area (Å²) in [7, 11) is 2.20. The number of nitrogens with one attached hydrogen (secondary N) is 1. The molecule has 3 aromatic rings. The maximum Gasteiger partial charge on any atom is 0.224 e. The molecule has 2 aliphatic carbocycles. The Bertz CT molecular complexity index is 1190. The molecule has 1 saturated heterocycles. The third kappa shape index (κ3) is 5.38. The van der Waals surface area contributed by atoms with E-state index in [1.165, 1.54) is 24.8 Å². The molecule has 0 bridgehead atoms. The number of likely N-dealkylation sites (N-methyl/N-ethyl adjacent to an activating group) is 1. The van der Waals surface area contributed by atoms with Gasteiger partial charge in [0, 0.05) is 50.5 Å². The minimum atomic E-state index is -0.194. The average molecular weight is 504 g/mol. The van der Waals surface area contributed by atoms with Crippen LogP contribution in [0.5, 0.6) is 0 Å². The molecule has 0 amide bonds. The predicted molar refractivity (Wildman–Crippen MR) is 147 cm³/mol. The number of hydrogen-bond acceptors (Lipinski definition) is 7. The molecule has 8 nitrogen and oxygen atoms in total. The number of fused-ring (bicyclic) bond motifs is 1. The van der Waals surface area contributed by atoms with Crippen molar-refractivity contribution in [3.8, 4) is 11.3 Å². The average Bonchev–Trinajstić information content (AvgIpc) is 3.24. The van der Waals surface area contributed by atoms with Gasteiger partial charge in [-0.3, -0.25) is 4.90 Å². The summed E-state index contributed by atoms with van der Waals surface area (Å²) in [5, 5.41) is 19.8. The van der Waals surface area contributed by atoms with Crippen molar-refractivity contribution in [3.05, 3.63) is 36.0 Å². The van der Waals surface area contributed by atoms with E-state index >= 15 is 0 Å². The van der Waals surface area contributed by atoms with Gasteiger partial charge in [-0.05, 0) is 64.0 Å². The van der Waals surface area contributed by atoms with E-state index in [9.17, 15) is 5.11 Å². The number of aliphatic hydroxyl groups excluding tert-OH is 1. The quantitative estimate of drug-likeness (QED) is 0.497. The molecule has 0 spiro atoms. The van der Waals surface area contributed by atoms with Crippen LogP contribution in [0.2, 0.25) is 0 Å². The molecule has 3 fully saturated rings. The van der Waals surface area contributed by atoms with Gasteiger partial charge in [0.05, 0.1) is 17.5 Å². The maximum atomic E-state index is 10.1. The Labute approximate surface area is 220 Å². The van der Waals surface area contributed by atoms with Gasteiger partial charge in [-0.1, -0.05) is 30.7 Å². The molecule has 8 heteroatoms. The first-order chi connectivity index (χ1) is 18.0. The molecule has 2 N–H and O–H groups in total. The Morgan fingerprint density at radius 3 is 2.41 bits per heavy atom. The number of nitrogens with zero attached hydrogens (tertiary/aromatic N) is 6. The highest BCUT2D eigenvalue weighted by atomic mass is 16.3. The van der Waals surface area contributed by atoms with Gasteiger partial charge in [0.25, 0.3) is 0 Å². The molecule has 1 aliphatic heterocycles. The highest BCUT2D eigenvalue weighted by molar-refractivity contribution is 5.91. The van der Waals surface area contributed by atoms with E-state index in [1.54, 1.807) is 0 Å². The Hall–Kier alpha value is -2.55. The zero-order valence-electron chi connectivity index (χ0n) is 22.3. The molecular formula is C29H41N7O. The lowest BCUT2D eigenvalue weighted by Gasteiger charge is -2.32. The third-order valence-electron chi connectivity index (χ3n) is 8.90. The van der Waals surface area contributed by atoms with E-state index in [-0.39, 0.29) is 12.1 Å². The van der Waals surface area contributed by atoms with Crippen LogP contribution in [0.3, 0.4) is 0 Å². The molecule has 3 aliphatic rings. The van der Waals surface area contributed by atoms with E-state index in [4.69, 9.17) is 15.1 Å². The molecule has 2 aromatic heterocycles. The molecule has 6 rings (SSSR count). The SMILES string of the molecule is C[C@H](Nc1ncc2c(-c3ccc(CN4CCN(C)CC4)cc3)nn([C@H]3CC[C@H](O)CC3)c2n1)C1CCC1. The van der Waals surface area contributed by atoms with Crippen molar-refractivity contribution in [3.63, 3.8) is 0 Å². The summed E-state index contributed by atoms with van der Waals surface area (Å²) in [4.78, 5) is 14.6. The lowest BCUT2D eigenvalue weighted by atomic mass is 9.80. The van der Waals surface area contributed by atoms with E-state index < -0.39 is 0 Å². The van der Waals surface area contributed by atoms with E-state index in [2.05, 4.69) is 58.0 Å². The van der Waals surface area contributed by atoms with E-state index in [0.29, 0.717) is 17.9 Å². The van der Waals surface area contributed by atoms with Gasteiger partial charge in [-0.2, -0.15) is 10.1 Å². The normalized spacial score (nSPS) is 24.7. The van der Waals surface area contributed by atoms with Crippen LogP contribution in [0.25, 0.3) is 22.3 Å². The third-order valence-corrected chi connectivity index (χ3v) is 8.90. The van der Waals surface area contributed by atoms with Gasteiger partial charge in [-0.25, -0.2) is 9.67 Å². The number of aliphatic hydroxyl groups is 1. The highest BCUT2D eigenvalue weighted by Crippen LogP contribution is 2.35. The second-order valence-corrected chi connectivity index (χ2v) is 11.6. The summed E-state index contributed by atoms with van der Waals surface area (Å²) < 4.78 is 2.12. The lowest BCUT2D eigenvalue weighted by molar-refractivity contribution is 0.109. The van der Waals surface area contributed by atoms with Gasteiger partial charge in [-0.15, -0.1) is 0 Å². The van der Waals surface area contributed by atoms with Crippen LogP contribution in [-0.4, -0.2) is 80.0 Å². The van der Waals surface area contributed by atoms with Crippen molar-refractivity contribution in [2.45, 2.75) is 76.6 Å². The number of rotatable bonds is 7. The first-order valence-electron chi connectivity index (χ1n) is 14.2. The van der Waals surface area contributed by atoms with Crippen LogP contribution in [0.15, 0.2) is 30.5 Å². The fraction of sp³-hybridized carbons (Fsp3) is 0.621. The van der Waals surface area contributed by atoms with Gasteiger partial charge < -0.3 is 15.3 Å². The van der Waals surface area contributed by atoms with Crippen molar-refractivity contribution in [1.82, 2.24) is 29.5 Å². The second kappa shape index (κ2) is 10.7. The van der Waals surface area contributed by atoms with Crippen molar-refractivity contribution < 1.29 is 5.11 Å². The zero-order chi connectivity index (χ0) is 25.4. The van der Waals surface area contributed by atoms with Crippen molar-refractivity contribution in [2.24, 2.45) is 5.92 Å². The first kappa shape index (κ1) is 24.8. The molecule has 1 atom stereocenters. The second-order valence-electron chi connectivity index (χ2n) is 11.6. The smallest absolute Gasteiger partial charge is 0.224 e. The van der Waals surface area contributed by atoms with Gasteiger partial charge >= 0.3 is 0 Å². The van der Waals surface area contributed by atoms with Crippen molar-refractivity contribution in [2.75, 3.05) is 38.5 Å². The molecule has 0 unspecified atom stereocenters. The number of anilines is 1. The number of piperazine rings is 1. The van der Waals surface area contributed by atoms with Gasteiger partial charge in [0.15, 0.2) is 5.65 Å². The number of benzene rings is 1. The highest BCUT2D eigenvalue weighted by Gasteiger charge is 2.27. The first-order valence-corrected chi connectivity index (χ1v) is 14.2. The Balaban J connectivity index is 1.28. The Kier molecular flexibility index (Phi) is 7.14. The summed E-state index contributed by atoms with van der Waals surface area (Å²) in [6.07, 6.45) is 9.14. The number of aromatic nitrogens is 4. The summed E-state index contributed by atoms with van der Waals surface area (Å²) >= 11 is 0. The van der Waals surface area contributed by atoms with Crippen LogP contribution < -0.4 is 5.32 Å². The van der Waals surface area contributed by atoms with Gasteiger partial charge in [0.2, 0.25) is 5.95 Å². The molecule has 37 heavy (non-hydrogen) atoms. The van der Waals surface area contributed by atoms with Crippen LogP contribution in [0.4, 0.5) is 5.95 Å². The largest absolute Gasteiger partial charge is 0.393 e. The Morgan fingerprint density at radius 2 is 1.73 bits per heavy atom. The summed E-state index contributed by atoms with van der Waals surface area (Å²) in [6.45, 7) is 7.75. The molecule has 198 valence electrons.